The first-order valence-corrected chi connectivity index (χ1v) is 10.5. The van der Waals surface area contributed by atoms with Crippen molar-refractivity contribution in [2.45, 2.75) is 27.3 Å². The highest BCUT2D eigenvalue weighted by atomic mass is 32.1. The van der Waals surface area contributed by atoms with Gasteiger partial charge in [-0.15, -0.1) is 0 Å². The van der Waals surface area contributed by atoms with E-state index < -0.39 is 0 Å². The second-order valence-corrected chi connectivity index (χ2v) is 8.58. The number of likely N-dealkylation sites (N-methyl/N-ethyl adjacent to an activating group) is 1. The third-order valence-corrected chi connectivity index (χ3v) is 5.48. The van der Waals surface area contributed by atoms with Crippen molar-refractivity contribution < 1.29 is 0 Å². The molecule has 0 amide bonds. The van der Waals surface area contributed by atoms with E-state index in [1.54, 1.807) is 0 Å². The molecule has 0 saturated heterocycles. The Kier molecular flexibility index (Phi) is 6.90. The Morgan fingerprint density at radius 3 is 2.50 bits per heavy atom. The average Bonchev–Trinajstić information content (AvgIpc) is 2.65. The number of aromatic nitrogens is 1. The number of anilines is 1. The summed E-state index contributed by atoms with van der Waals surface area (Å²) in [5, 5.41) is 5.01. The van der Waals surface area contributed by atoms with E-state index in [4.69, 9.17) is 12.2 Å². The number of aryl methyl sites for hydroxylation is 3. The van der Waals surface area contributed by atoms with Crippen LogP contribution in [0.15, 0.2) is 47.3 Å². The van der Waals surface area contributed by atoms with Crippen molar-refractivity contribution in [2.24, 2.45) is 0 Å². The first-order chi connectivity index (χ1) is 14.2. The fourth-order valence-electron chi connectivity index (χ4n) is 3.54. The van der Waals surface area contributed by atoms with Gasteiger partial charge in [0.15, 0.2) is 5.11 Å². The Balaban J connectivity index is 1.89. The predicted molar refractivity (Wildman–Crippen MR) is 130 cm³/mol. The molecule has 0 fully saturated rings. The summed E-state index contributed by atoms with van der Waals surface area (Å²) in [5.74, 6) is 0. The van der Waals surface area contributed by atoms with Gasteiger partial charge >= 0.3 is 0 Å². The quantitative estimate of drug-likeness (QED) is 0.583. The molecule has 3 aromatic rings. The number of pyridine rings is 1. The van der Waals surface area contributed by atoms with Crippen LogP contribution in [0.25, 0.3) is 10.9 Å². The molecule has 30 heavy (non-hydrogen) atoms. The van der Waals surface area contributed by atoms with Crippen LogP contribution in [0.5, 0.6) is 0 Å². The topological polar surface area (TPSA) is 51.4 Å². The molecule has 1 aromatic heterocycles. The highest BCUT2D eigenvalue weighted by Crippen LogP contribution is 2.19. The van der Waals surface area contributed by atoms with Crippen LogP contribution >= 0.6 is 12.2 Å². The number of aromatic amines is 1. The van der Waals surface area contributed by atoms with Crippen LogP contribution in [0.4, 0.5) is 5.69 Å². The van der Waals surface area contributed by atoms with Gasteiger partial charge in [-0.3, -0.25) is 4.79 Å². The lowest BCUT2D eigenvalue weighted by Gasteiger charge is -2.27. The lowest BCUT2D eigenvalue weighted by atomic mass is 10.0. The summed E-state index contributed by atoms with van der Waals surface area (Å²) in [4.78, 5) is 20.0. The molecule has 0 aliphatic rings. The van der Waals surface area contributed by atoms with E-state index in [9.17, 15) is 4.79 Å². The Morgan fingerprint density at radius 1 is 1.03 bits per heavy atom. The number of rotatable bonds is 6. The fourth-order valence-corrected chi connectivity index (χ4v) is 3.81. The summed E-state index contributed by atoms with van der Waals surface area (Å²) in [7, 11) is 4.06. The zero-order valence-electron chi connectivity index (χ0n) is 18.4. The maximum absolute atomic E-state index is 12.8. The van der Waals surface area contributed by atoms with E-state index in [1.807, 2.05) is 45.3 Å². The van der Waals surface area contributed by atoms with Gasteiger partial charge in [-0.2, -0.15) is 0 Å². The van der Waals surface area contributed by atoms with E-state index >= 15 is 0 Å². The maximum Gasteiger partial charge on any atom is 0.253 e. The standard InChI is InChI=1S/C24H30N4OS/c1-16-7-6-8-20(12-16)25-24(30)28(10-9-27(4)5)15-19-14-21-18(3)11-17(2)13-22(21)26-23(19)29/h6-8,11-14H,9-10,15H2,1-5H3,(H,25,30)(H,26,29). The zero-order chi connectivity index (χ0) is 21.8. The van der Waals surface area contributed by atoms with Crippen LogP contribution in [0.2, 0.25) is 0 Å². The maximum atomic E-state index is 12.8. The van der Waals surface area contributed by atoms with Gasteiger partial charge in [0.25, 0.3) is 5.56 Å². The summed E-state index contributed by atoms with van der Waals surface area (Å²) in [5.41, 5.74) is 5.93. The monoisotopic (exact) mass is 422 g/mol. The first-order valence-electron chi connectivity index (χ1n) is 10.1. The lowest BCUT2D eigenvalue weighted by Crippen LogP contribution is -2.40. The lowest BCUT2D eigenvalue weighted by molar-refractivity contribution is 0.327. The molecule has 2 N–H and O–H groups in total. The van der Waals surface area contributed by atoms with Crippen molar-refractivity contribution >= 4 is 33.9 Å². The molecule has 0 aliphatic carbocycles. The minimum absolute atomic E-state index is 0.0688. The average molecular weight is 423 g/mol. The molecule has 3 rings (SSSR count). The number of H-pyrrole nitrogens is 1. The van der Waals surface area contributed by atoms with Crippen molar-refractivity contribution in [3.63, 3.8) is 0 Å². The van der Waals surface area contributed by atoms with Gasteiger partial charge in [0.2, 0.25) is 0 Å². The number of hydrogen-bond donors (Lipinski definition) is 2. The number of benzene rings is 2. The fraction of sp³-hybridized carbons (Fsp3) is 0.333. The minimum atomic E-state index is -0.0688. The molecule has 2 aromatic carbocycles. The van der Waals surface area contributed by atoms with Crippen molar-refractivity contribution in [2.75, 3.05) is 32.5 Å². The summed E-state index contributed by atoms with van der Waals surface area (Å²) >= 11 is 5.72. The molecule has 1 heterocycles. The van der Waals surface area contributed by atoms with E-state index in [0.717, 1.165) is 40.8 Å². The second kappa shape index (κ2) is 9.41. The molecule has 158 valence electrons. The minimum Gasteiger partial charge on any atom is -0.343 e. The van der Waals surface area contributed by atoms with Crippen molar-refractivity contribution in [3.8, 4) is 0 Å². The molecule has 0 atom stereocenters. The molecule has 0 aliphatic heterocycles. The highest BCUT2D eigenvalue weighted by Gasteiger charge is 2.15. The summed E-state index contributed by atoms with van der Waals surface area (Å²) in [6, 6.07) is 14.3. The van der Waals surface area contributed by atoms with E-state index in [1.165, 1.54) is 5.56 Å². The molecule has 0 radical (unpaired) electrons. The largest absolute Gasteiger partial charge is 0.343 e. The Hall–Kier alpha value is -2.70. The Morgan fingerprint density at radius 2 is 1.80 bits per heavy atom. The highest BCUT2D eigenvalue weighted by molar-refractivity contribution is 7.80. The van der Waals surface area contributed by atoms with Crippen LogP contribution in [-0.4, -0.2) is 47.1 Å². The molecule has 5 nitrogen and oxygen atoms in total. The number of fused-ring (bicyclic) bond motifs is 1. The van der Waals surface area contributed by atoms with Crippen LogP contribution in [0.3, 0.4) is 0 Å². The van der Waals surface area contributed by atoms with Gasteiger partial charge in [0.05, 0.1) is 6.54 Å². The number of nitrogens with zero attached hydrogens (tertiary/aromatic N) is 2. The van der Waals surface area contributed by atoms with Gasteiger partial charge in [-0.25, -0.2) is 0 Å². The summed E-state index contributed by atoms with van der Waals surface area (Å²) < 4.78 is 0. The van der Waals surface area contributed by atoms with Crippen LogP contribution < -0.4 is 10.9 Å². The molecule has 6 heteroatoms. The number of nitrogens with one attached hydrogen (secondary N) is 2. The van der Waals surface area contributed by atoms with Gasteiger partial charge < -0.3 is 20.1 Å². The number of hydrogen-bond acceptors (Lipinski definition) is 3. The molecular formula is C24H30N4OS. The first kappa shape index (κ1) is 22.0. The molecule has 0 bridgehead atoms. The van der Waals surface area contributed by atoms with Crippen molar-refractivity contribution in [1.82, 2.24) is 14.8 Å². The predicted octanol–water partition coefficient (Wildman–Crippen LogP) is 4.21. The third-order valence-electron chi connectivity index (χ3n) is 5.12. The summed E-state index contributed by atoms with van der Waals surface area (Å²) in [6.07, 6.45) is 0. The zero-order valence-corrected chi connectivity index (χ0v) is 19.2. The van der Waals surface area contributed by atoms with Gasteiger partial charge in [-0.1, -0.05) is 18.2 Å². The van der Waals surface area contributed by atoms with Gasteiger partial charge in [0, 0.05) is 35.2 Å². The second-order valence-electron chi connectivity index (χ2n) is 8.19. The SMILES string of the molecule is Cc1cccc(NC(=S)N(CCN(C)C)Cc2cc3c(C)cc(C)cc3[nH]c2=O)c1. The van der Waals surface area contributed by atoms with Crippen molar-refractivity contribution in [3.05, 3.63) is 75.1 Å². The van der Waals surface area contributed by atoms with Gasteiger partial charge in [-0.05, 0) is 88.0 Å². The van der Waals surface area contributed by atoms with Crippen LogP contribution in [0.1, 0.15) is 22.3 Å². The van der Waals surface area contributed by atoms with Crippen LogP contribution in [-0.2, 0) is 6.54 Å². The normalized spacial score (nSPS) is 11.1. The number of thiocarbonyl (C=S) groups is 1. The van der Waals surface area contributed by atoms with Crippen molar-refractivity contribution in [1.29, 1.82) is 0 Å². The third kappa shape index (κ3) is 5.46. The Bertz CT molecular complexity index is 1120. The van der Waals surface area contributed by atoms with E-state index in [2.05, 4.69) is 52.1 Å². The Labute approximate surface area is 183 Å². The molecular weight excluding hydrogens is 392 g/mol. The molecule has 0 unspecified atom stereocenters. The smallest absolute Gasteiger partial charge is 0.253 e. The molecule has 0 spiro atoms. The van der Waals surface area contributed by atoms with Gasteiger partial charge in [0.1, 0.15) is 0 Å². The van der Waals surface area contributed by atoms with E-state index in [-0.39, 0.29) is 5.56 Å². The summed E-state index contributed by atoms with van der Waals surface area (Å²) in [6.45, 7) is 8.16. The van der Waals surface area contributed by atoms with E-state index in [0.29, 0.717) is 17.2 Å². The molecule has 0 saturated carbocycles. The van der Waals surface area contributed by atoms with Crippen LogP contribution in [0, 0.1) is 20.8 Å².